The lowest BCUT2D eigenvalue weighted by molar-refractivity contribution is -0.122. The minimum absolute atomic E-state index is 0.00964. The summed E-state index contributed by atoms with van der Waals surface area (Å²) in [5.41, 5.74) is 1.03. The van der Waals surface area contributed by atoms with Crippen molar-refractivity contribution in [1.82, 2.24) is 0 Å². The number of benzene rings is 1. The molecule has 0 heterocycles. The van der Waals surface area contributed by atoms with Gasteiger partial charge in [-0.25, -0.2) is 0 Å². The number of Topliss-reactive ketones (excluding diaryl/α,β-unsaturated/α-hetero) is 1. The van der Waals surface area contributed by atoms with Gasteiger partial charge >= 0.3 is 0 Å². The first kappa shape index (κ1) is 13.3. The fourth-order valence-electron chi connectivity index (χ4n) is 1.35. The number of ether oxygens (including phenoxy) is 2. The molecule has 0 saturated heterocycles. The average Bonchev–Trinajstić information content (AvgIpc) is 2.31. The number of ketones is 1. The maximum absolute atomic E-state index is 11.1. The van der Waals surface area contributed by atoms with Crippen LogP contribution in [0.1, 0.15) is 26.3 Å². The summed E-state index contributed by atoms with van der Waals surface area (Å²) >= 11 is 0. The minimum atomic E-state index is -0.462. The van der Waals surface area contributed by atoms with E-state index >= 15 is 0 Å². The molecular weight excluding hydrogens is 216 g/mol. The highest BCUT2D eigenvalue weighted by molar-refractivity contribution is 5.80. The molecule has 0 bridgehead atoms. The Kier molecular flexibility index (Phi) is 4.76. The predicted octanol–water partition coefficient (Wildman–Crippen LogP) is 3.08. The number of methoxy groups -OCH3 is 1. The third-order valence-electron chi connectivity index (χ3n) is 2.42. The normalized spacial score (nSPS) is 12.5. The molecule has 0 fully saturated rings. The number of rotatable bonds is 5. The van der Waals surface area contributed by atoms with E-state index in [-0.39, 0.29) is 5.78 Å². The van der Waals surface area contributed by atoms with Crippen molar-refractivity contribution in [2.75, 3.05) is 7.11 Å². The van der Waals surface area contributed by atoms with Gasteiger partial charge in [-0.3, -0.25) is 4.79 Å². The van der Waals surface area contributed by atoms with E-state index in [9.17, 15) is 4.79 Å². The second-order valence-corrected chi connectivity index (χ2v) is 3.78. The molecule has 0 amide bonds. The molecule has 1 rings (SSSR count). The molecule has 3 heteroatoms. The molecule has 0 spiro atoms. The van der Waals surface area contributed by atoms with Crippen molar-refractivity contribution >= 4 is 11.9 Å². The van der Waals surface area contributed by atoms with Gasteiger partial charge in [0, 0.05) is 0 Å². The van der Waals surface area contributed by atoms with Crippen LogP contribution < -0.4 is 9.47 Å². The number of carbonyl (C=O) groups is 1. The van der Waals surface area contributed by atoms with E-state index in [4.69, 9.17) is 9.47 Å². The van der Waals surface area contributed by atoms with Crippen LogP contribution in [0, 0.1) is 0 Å². The predicted molar refractivity (Wildman–Crippen MR) is 68.5 cm³/mol. The highest BCUT2D eigenvalue weighted by Crippen LogP contribution is 2.29. The summed E-state index contributed by atoms with van der Waals surface area (Å²) in [6.07, 6.45) is 3.46. The van der Waals surface area contributed by atoms with Crippen molar-refractivity contribution in [2.45, 2.75) is 26.9 Å². The number of hydrogen-bond donors (Lipinski definition) is 0. The third-order valence-corrected chi connectivity index (χ3v) is 2.42. The molecule has 1 aromatic rings. The van der Waals surface area contributed by atoms with E-state index < -0.39 is 6.10 Å². The Labute approximate surface area is 102 Å². The van der Waals surface area contributed by atoms with Crippen LogP contribution in [-0.4, -0.2) is 19.0 Å². The Morgan fingerprint density at radius 3 is 2.59 bits per heavy atom. The Morgan fingerprint density at radius 2 is 2.06 bits per heavy atom. The summed E-state index contributed by atoms with van der Waals surface area (Å²) in [5.74, 6) is 1.21. The van der Waals surface area contributed by atoms with Gasteiger partial charge in [0.1, 0.15) is 0 Å². The second kappa shape index (κ2) is 6.09. The zero-order valence-electron chi connectivity index (χ0n) is 10.7. The molecule has 3 nitrogen and oxygen atoms in total. The molecule has 0 aliphatic rings. The lowest BCUT2D eigenvalue weighted by Crippen LogP contribution is -2.20. The fourth-order valence-corrected chi connectivity index (χ4v) is 1.35. The summed E-state index contributed by atoms with van der Waals surface area (Å²) in [5, 5.41) is 0. The lowest BCUT2D eigenvalue weighted by Gasteiger charge is -2.15. The summed E-state index contributed by atoms with van der Waals surface area (Å²) < 4.78 is 10.8. The second-order valence-electron chi connectivity index (χ2n) is 3.78. The van der Waals surface area contributed by atoms with Crippen molar-refractivity contribution < 1.29 is 14.3 Å². The van der Waals surface area contributed by atoms with E-state index in [1.807, 2.05) is 37.3 Å². The van der Waals surface area contributed by atoms with Crippen molar-refractivity contribution in [3.8, 4) is 11.5 Å². The van der Waals surface area contributed by atoms with Gasteiger partial charge in [-0.1, -0.05) is 18.2 Å². The average molecular weight is 234 g/mol. The summed E-state index contributed by atoms with van der Waals surface area (Å²) in [4.78, 5) is 11.1. The van der Waals surface area contributed by atoms with Crippen molar-refractivity contribution in [3.05, 3.63) is 29.8 Å². The first-order valence-electron chi connectivity index (χ1n) is 5.56. The molecule has 1 unspecified atom stereocenters. The first-order valence-corrected chi connectivity index (χ1v) is 5.56. The quantitative estimate of drug-likeness (QED) is 0.785. The van der Waals surface area contributed by atoms with Gasteiger partial charge in [0.15, 0.2) is 23.4 Å². The molecule has 1 atom stereocenters. The highest BCUT2D eigenvalue weighted by Gasteiger charge is 2.12. The van der Waals surface area contributed by atoms with Gasteiger partial charge < -0.3 is 9.47 Å². The smallest absolute Gasteiger partial charge is 0.169 e. The van der Waals surface area contributed by atoms with Crippen LogP contribution in [-0.2, 0) is 4.79 Å². The molecule has 0 aliphatic carbocycles. The lowest BCUT2D eigenvalue weighted by atomic mass is 10.2. The van der Waals surface area contributed by atoms with E-state index in [1.54, 1.807) is 14.0 Å². The van der Waals surface area contributed by atoms with Crippen LogP contribution in [0.5, 0.6) is 11.5 Å². The van der Waals surface area contributed by atoms with E-state index in [0.717, 1.165) is 5.56 Å². The van der Waals surface area contributed by atoms with Crippen molar-refractivity contribution in [3.63, 3.8) is 0 Å². The molecule has 92 valence electrons. The fraction of sp³-hybridized carbons (Fsp3) is 0.357. The maximum Gasteiger partial charge on any atom is 0.169 e. The SMILES string of the molecule is CC=Cc1ccc(OC(C)C(C)=O)c(OC)c1. The first-order chi connectivity index (χ1) is 8.08. The largest absolute Gasteiger partial charge is 0.493 e. The Morgan fingerprint density at radius 1 is 1.35 bits per heavy atom. The van der Waals surface area contributed by atoms with E-state index in [1.165, 1.54) is 6.92 Å². The van der Waals surface area contributed by atoms with Gasteiger partial charge in [0.05, 0.1) is 7.11 Å². The van der Waals surface area contributed by atoms with Crippen LogP contribution in [0.25, 0.3) is 6.08 Å². The Hall–Kier alpha value is -1.77. The summed E-state index contributed by atoms with van der Waals surface area (Å²) in [7, 11) is 1.58. The van der Waals surface area contributed by atoms with E-state index in [2.05, 4.69) is 0 Å². The zero-order chi connectivity index (χ0) is 12.8. The molecule has 0 radical (unpaired) electrons. The van der Waals surface area contributed by atoms with Crippen molar-refractivity contribution in [2.24, 2.45) is 0 Å². The summed E-state index contributed by atoms with van der Waals surface area (Å²) in [6.45, 7) is 5.18. The topological polar surface area (TPSA) is 35.5 Å². The monoisotopic (exact) mass is 234 g/mol. The molecular formula is C14H18O3. The Bertz CT molecular complexity index is 421. The maximum atomic E-state index is 11.1. The van der Waals surface area contributed by atoms with Crippen molar-refractivity contribution in [1.29, 1.82) is 0 Å². The molecule has 0 N–H and O–H groups in total. The summed E-state index contributed by atoms with van der Waals surface area (Å²) in [6, 6.07) is 5.61. The molecule has 0 saturated carbocycles. The molecule has 0 aromatic heterocycles. The van der Waals surface area contributed by atoms with Crippen LogP contribution in [0.4, 0.5) is 0 Å². The molecule has 0 aliphatic heterocycles. The Balaban J connectivity index is 2.96. The van der Waals surface area contributed by atoms with Crippen LogP contribution in [0.2, 0.25) is 0 Å². The van der Waals surface area contributed by atoms with Gasteiger partial charge in [-0.15, -0.1) is 0 Å². The van der Waals surface area contributed by atoms with Gasteiger partial charge in [0.25, 0.3) is 0 Å². The van der Waals surface area contributed by atoms with Crippen LogP contribution >= 0.6 is 0 Å². The van der Waals surface area contributed by atoms with Gasteiger partial charge in [0.2, 0.25) is 0 Å². The molecule has 1 aromatic carbocycles. The standard InChI is InChI=1S/C14H18O3/c1-5-6-12-7-8-13(14(9-12)16-4)17-11(3)10(2)15/h5-9,11H,1-4H3. The highest BCUT2D eigenvalue weighted by atomic mass is 16.5. The zero-order valence-corrected chi connectivity index (χ0v) is 10.7. The number of carbonyl (C=O) groups excluding carboxylic acids is 1. The minimum Gasteiger partial charge on any atom is -0.493 e. The van der Waals surface area contributed by atoms with E-state index in [0.29, 0.717) is 11.5 Å². The number of hydrogen-bond acceptors (Lipinski definition) is 3. The van der Waals surface area contributed by atoms with Crippen LogP contribution in [0.15, 0.2) is 24.3 Å². The third kappa shape index (κ3) is 3.63. The van der Waals surface area contributed by atoms with Gasteiger partial charge in [-0.2, -0.15) is 0 Å². The van der Waals surface area contributed by atoms with Gasteiger partial charge in [-0.05, 0) is 38.5 Å². The van der Waals surface area contributed by atoms with Crippen LogP contribution in [0.3, 0.4) is 0 Å². The molecule has 17 heavy (non-hydrogen) atoms. The number of allylic oxidation sites excluding steroid dienone is 1.